The van der Waals surface area contributed by atoms with E-state index in [9.17, 15) is 19.7 Å². The van der Waals surface area contributed by atoms with Crippen molar-refractivity contribution >= 4 is 23.3 Å². The quantitative estimate of drug-likeness (QED) is 0.323. The zero-order valence-corrected chi connectivity index (χ0v) is 18.8. The van der Waals surface area contributed by atoms with Crippen LogP contribution in [0.15, 0.2) is 59.2 Å². The van der Waals surface area contributed by atoms with Gasteiger partial charge in [0.25, 0.3) is 5.69 Å². The van der Waals surface area contributed by atoms with Gasteiger partial charge in [0.1, 0.15) is 5.92 Å². The van der Waals surface area contributed by atoms with Gasteiger partial charge in [-0.3, -0.25) is 19.9 Å². The molecular weight excluding hydrogens is 428 g/mol. The number of aliphatic imine (C=N–C) groups is 1. The van der Waals surface area contributed by atoms with E-state index >= 15 is 0 Å². The van der Waals surface area contributed by atoms with Crippen LogP contribution < -0.4 is 0 Å². The van der Waals surface area contributed by atoms with Crippen molar-refractivity contribution in [2.45, 2.75) is 39.7 Å². The molecule has 2 atom stereocenters. The summed E-state index contributed by atoms with van der Waals surface area (Å²) in [4.78, 5) is 45.6. The van der Waals surface area contributed by atoms with Crippen molar-refractivity contribution in [2.24, 2.45) is 10.9 Å². The van der Waals surface area contributed by atoms with Crippen molar-refractivity contribution in [3.8, 4) is 0 Å². The maximum absolute atomic E-state index is 13.2. The summed E-state index contributed by atoms with van der Waals surface area (Å²) in [5, 5.41) is 11.4. The van der Waals surface area contributed by atoms with Gasteiger partial charge in [0.15, 0.2) is 0 Å². The molecule has 0 amide bonds. The average molecular weight is 454 g/mol. The van der Waals surface area contributed by atoms with Gasteiger partial charge in [0.2, 0.25) is 0 Å². The highest BCUT2D eigenvalue weighted by molar-refractivity contribution is 6.07. The van der Waals surface area contributed by atoms with Gasteiger partial charge in [-0.2, -0.15) is 0 Å². The number of allylic oxidation sites excluding steroid dienone is 1. The van der Waals surface area contributed by atoms with Gasteiger partial charge in [-0.25, -0.2) is 9.78 Å². The molecule has 1 aliphatic heterocycles. The maximum Gasteiger partial charge on any atom is 0.336 e. The number of carbonyl (C=O) groups excluding carboxylic acids is 2. The van der Waals surface area contributed by atoms with Crippen LogP contribution in [0.1, 0.15) is 38.7 Å². The first kappa shape index (κ1) is 23.8. The summed E-state index contributed by atoms with van der Waals surface area (Å²) in [6.45, 7) is 5.86. The third-order valence-corrected chi connectivity index (χ3v) is 5.36. The lowest BCUT2D eigenvalue weighted by Crippen LogP contribution is -2.37. The molecule has 0 bridgehead atoms. The normalized spacial score (nSPS) is 18.0. The Morgan fingerprint density at radius 3 is 2.61 bits per heavy atom. The van der Waals surface area contributed by atoms with Crippen LogP contribution in [-0.2, 0) is 25.6 Å². The van der Waals surface area contributed by atoms with Crippen molar-refractivity contribution in [3.63, 3.8) is 0 Å². The van der Waals surface area contributed by atoms with Crippen LogP contribution in [0.4, 0.5) is 5.69 Å². The molecule has 33 heavy (non-hydrogen) atoms. The summed E-state index contributed by atoms with van der Waals surface area (Å²) in [5.74, 6) is -2.91. The molecule has 0 saturated carbocycles. The van der Waals surface area contributed by atoms with E-state index < -0.39 is 28.7 Å². The number of ether oxygens (including phenoxy) is 2. The first-order valence-electron chi connectivity index (χ1n) is 10.7. The third-order valence-electron chi connectivity index (χ3n) is 5.36. The molecule has 2 aromatic rings. The van der Waals surface area contributed by atoms with Crippen LogP contribution in [-0.4, -0.2) is 45.3 Å². The molecule has 0 aliphatic carbocycles. The fourth-order valence-corrected chi connectivity index (χ4v) is 3.96. The smallest absolute Gasteiger partial charge is 0.336 e. The Balaban J connectivity index is 2.17. The number of esters is 2. The van der Waals surface area contributed by atoms with Crippen LogP contribution in [0.5, 0.6) is 0 Å². The largest absolute Gasteiger partial charge is 0.465 e. The van der Waals surface area contributed by atoms with Crippen LogP contribution in [0.3, 0.4) is 0 Å². The topological polar surface area (TPSA) is 126 Å². The fraction of sp³-hybridized carbons (Fsp3) is 0.391. The molecule has 10 nitrogen and oxygen atoms in total. The molecule has 0 N–H and O–H groups in total. The number of nitrogens with zero attached hydrogens (tertiary/aromatic N) is 4. The summed E-state index contributed by atoms with van der Waals surface area (Å²) >= 11 is 0. The highest BCUT2D eigenvalue weighted by Gasteiger charge is 2.43. The van der Waals surface area contributed by atoms with Gasteiger partial charge in [0, 0.05) is 49.1 Å². The Labute approximate surface area is 191 Å². The second-order valence-electron chi connectivity index (χ2n) is 7.44. The SMILES string of the molecule is CCOC(=O)C1=C(CCn2ccnc2)N=C(C)C(C(=O)OCC)C1c1cccc([N+](=O)[O-])c1. The molecule has 174 valence electrons. The molecule has 3 rings (SSSR count). The van der Waals surface area contributed by atoms with E-state index in [1.54, 1.807) is 45.6 Å². The Morgan fingerprint density at radius 1 is 1.21 bits per heavy atom. The summed E-state index contributed by atoms with van der Waals surface area (Å²) in [6, 6.07) is 5.93. The number of rotatable bonds is 9. The monoisotopic (exact) mass is 454 g/mol. The van der Waals surface area contributed by atoms with Crippen molar-refractivity contribution in [2.75, 3.05) is 13.2 Å². The molecular formula is C23H26N4O6. The number of imidazole rings is 1. The van der Waals surface area contributed by atoms with E-state index in [1.165, 1.54) is 18.2 Å². The number of carbonyl (C=O) groups is 2. The van der Waals surface area contributed by atoms with E-state index in [1.807, 2.05) is 4.57 Å². The minimum absolute atomic E-state index is 0.131. The Morgan fingerprint density at radius 2 is 1.97 bits per heavy atom. The molecule has 0 spiro atoms. The number of nitro benzene ring substituents is 1. The second kappa shape index (κ2) is 10.7. The Kier molecular flexibility index (Phi) is 7.70. The standard InChI is InChI=1S/C23H26N4O6/c1-4-32-22(28)19-15(3)25-18(9-11-26-12-10-24-14-26)21(23(29)33-5-2)20(19)16-7-6-8-17(13-16)27(30)31/h6-8,10,12-14,19-20H,4-5,9,11H2,1-3H3. The molecule has 2 heterocycles. The van der Waals surface area contributed by atoms with Crippen LogP contribution in [0.2, 0.25) is 0 Å². The number of nitro groups is 1. The van der Waals surface area contributed by atoms with Crippen LogP contribution in [0, 0.1) is 16.0 Å². The average Bonchev–Trinajstić information content (AvgIpc) is 3.31. The first-order chi connectivity index (χ1) is 15.9. The van der Waals surface area contributed by atoms with Gasteiger partial charge in [-0.15, -0.1) is 0 Å². The van der Waals surface area contributed by atoms with Crippen molar-refractivity contribution in [1.29, 1.82) is 0 Å². The molecule has 0 radical (unpaired) electrons. The number of hydrogen-bond acceptors (Lipinski definition) is 8. The maximum atomic E-state index is 13.2. The number of non-ortho nitro benzene ring substituents is 1. The molecule has 0 saturated heterocycles. The van der Waals surface area contributed by atoms with Crippen molar-refractivity contribution < 1.29 is 24.0 Å². The van der Waals surface area contributed by atoms with E-state index in [4.69, 9.17) is 9.47 Å². The Hall–Kier alpha value is -3.82. The van der Waals surface area contributed by atoms with Gasteiger partial charge in [-0.05, 0) is 26.3 Å². The van der Waals surface area contributed by atoms with Crippen molar-refractivity contribution in [1.82, 2.24) is 9.55 Å². The molecule has 10 heteroatoms. The summed E-state index contributed by atoms with van der Waals surface area (Å²) < 4.78 is 12.5. The van der Waals surface area contributed by atoms with Gasteiger partial charge < -0.3 is 14.0 Å². The lowest BCUT2D eigenvalue weighted by Gasteiger charge is -2.32. The highest BCUT2D eigenvalue weighted by atomic mass is 16.6. The number of aryl methyl sites for hydroxylation is 1. The van der Waals surface area contributed by atoms with E-state index in [2.05, 4.69) is 9.98 Å². The summed E-state index contributed by atoms with van der Waals surface area (Å²) in [7, 11) is 0. The van der Waals surface area contributed by atoms with E-state index in [-0.39, 0.29) is 24.5 Å². The fourth-order valence-electron chi connectivity index (χ4n) is 3.96. The number of hydrogen-bond donors (Lipinski definition) is 0. The predicted octanol–water partition coefficient (Wildman–Crippen LogP) is 3.44. The van der Waals surface area contributed by atoms with Gasteiger partial charge >= 0.3 is 11.9 Å². The minimum atomic E-state index is -0.914. The highest BCUT2D eigenvalue weighted by Crippen LogP contribution is 2.42. The van der Waals surface area contributed by atoms with Crippen molar-refractivity contribution in [3.05, 3.63) is 69.9 Å². The van der Waals surface area contributed by atoms with E-state index in [0.717, 1.165) is 0 Å². The lowest BCUT2D eigenvalue weighted by atomic mass is 9.75. The molecule has 0 fully saturated rings. The number of benzene rings is 1. The second-order valence-corrected chi connectivity index (χ2v) is 7.44. The third kappa shape index (κ3) is 5.33. The van der Waals surface area contributed by atoms with Gasteiger partial charge in [0.05, 0.1) is 35.7 Å². The lowest BCUT2D eigenvalue weighted by molar-refractivity contribution is -0.384. The zero-order chi connectivity index (χ0) is 24.0. The van der Waals surface area contributed by atoms with Crippen LogP contribution >= 0.6 is 0 Å². The molecule has 2 unspecified atom stereocenters. The van der Waals surface area contributed by atoms with E-state index in [0.29, 0.717) is 29.9 Å². The number of aromatic nitrogens is 2. The predicted molar refractivity (Wildman–Crippen MR) is 120 cm³/mol. The minimum Gasteiger partial charge on any atom is -0.465 e. The molecule has 1 aromatic heterocycles. The molecule has 1 aromatic carbocycles. The van der Waals surface area contributed by atoms with Gasteiger partial charge in [-0.1, -0.05) is 12.1 Å². The summed E-state index contributed by atoms with van der Waals surface area (Å²) in [5.41, 5.74) is 1.45. The zero-order valence-electron chi connectivity index (χ0n) is 18.8. The Bertz CT molecular complexity index is 1090. The molecule has 1 aliphatic rings. The first-order valence-corrected chi connectivity index (χ1v) is 10.7. The van der Waals surface area contributed by atoms with Crippen LogP contribution in [0.25, 0.3) is 0 Å². The summed E-state index contributed by atoms with van der Waals surface area (Å²) in [6.07, 6.45) is 5.48.